The maximum absolute atomic E-state index is 4.76. The van der Waals surface area contributed by atoms with Crippen molar-refractivity contribution in [3.05, 3.63) is 41.0 Å². The van der Waals surface area contributed by atoms with Gasteiger partial charge in [0.15, 0.2) is 0 Å². The monoisotopic (exact) mass is 314 g/mol. The molecule has 23 heavy (non-hydrogen) atoms. The van der Waals surface area contributed by atoms with Crippen molar-refractivity contribution >= 4 is 0 Å². The molecule has 1 atom stereocenters. The van der Waals surface area contributed by atoms with E-state index >= 15 is 0 Å². The van der Waals surface area contributed by atoms with E-state index in [1.165, 1.54) is 22.6 Å². The Hall–Kier alpha value is -1.55. The molecule has 1 aliphatic rings. The molecule has 1 aliphatic heterocycles. The Morgan fingerprint density at radius 1 is 1.17 bits per heavy atom. The molecule has 0 aromatic carbocycles. The number of fused-ring (bicyclic) bond motifs is 1. The number of hydrogen-bond donors (Lipinski definition) is 0. The van der Waals surface area contributed by atoms with Gasteiger partial charge in [0.1, 0.15) is 0 Å². The maximum atomic E-state index is 4.76. The smallest absolute Gasteiger partial charge is 0.0641 e. The quantitative estimate of drug-likeness (QED) is 0.849. The molecule has 0 saturated heterocycles. The highest BCUT2D eigenvalue weighted by Gasteiger charge is 2.30. The van der Waals surface area contributed by atoms with Crippen molar-refractivity contribution in [1.82, 2.24) is 19.2 Å². The summed E-state index contributed by atoms with van der Waals surface area (Å²) in [6.07, 6.45) is 2.22. The molecular weight excluding hydrogens is 284 g/mol. The molecule has 0 amide bonds. The first-order valence-corrected chi connectivity index (χ1v) is 8.83. The van der Waals surface area contributed by atoms with E-state index in [4.69, 9.17) is 5.10 Å². The summed E-state index contributed by atoms with van der Waals surface area (Å²) in [5, 5.41) is 4.76. The van der Waals surface area contributed by atoms with Crippen LogP contribution in [-0.2, 0) is 13.1 Å². The second-order valence-corrected chi connectivity index (χ2v) is 7.47. The first-order chi connectivity index (χ1) is 10.9. The van der Waals surface area contributed by atoms with Crippen molar-refractivity contribution in [2.45, 2.75) is 66.7 Å². The van der Waals surface area contributed by atoms with Gasteiger partial charge in [0.2, 0.25) is 0 Å². The normalized spacial score (nSPS) is 18.9. The van der Waals surface area contributed by atoms with Crippen LogP contribution in [0.3, 0.4) is 0 Å². The molecule has 4 heteroatoms. The van der Waals surface area contributed by atoms with Crippen molar-refractivity contribution < 1.29 is 0 Å². The van der Waals surface area contributed by atoms with E-state index in [-0.39, 0.29) is 0 Å². The van der Waals surface area contributed by atoms with Crippen LogP contribution in [0.2, 0.25) is 0 Å². The average molecular weight is 314 g/mol. The molecular formula is C19H30N4. The largest absolute Gasteiger partial charge is 0.349 e. The molecule has 0 fully saturated rings. The fraction of sp³-hybridized carbons (Fsp3) is 0.632. The van der Waals surface area contributed by atoms with Gasteiger partial charge in [0.05, 0.1) is 11.7 Å². The molecule has 3 rings (SSSR count). The van der Waals surface area contributed by atoms with Gasteiger partial charge in [-0.1, -0.05) is 13.8 Å². The van der Waals surface area contributed by atoms with Crippen molar-refractivity contribution in [2.75, 3.05) is 6.54 Å². The zero-order valence-corrected chi connectivity index (χ0v) is 15.4. The lowest BCUT2D eigenvalue weighted by Crippen LogP contribution is -2.39. The van der Waals surface area contributed by atoms with Gasteiger partial charge in [-0.05, 0) is 45.7 Å². The van der Waals surface area contributed by atoms with Gasteiger partial charge in [-0.3, -0.25) is 9.58 Å². The molecule has 2 aromatic heterocycles. The van der Waals surface area contributed by atoms with E-state index in [1.54, 1.807) is 0 Å². The van der Waals surface area contributed by atoms with Crippen LogP contribution in [-0.4, -0.2) is 25.8 Å². The minimum atomic E-state index is 0.418. The lowest BCUT2D eigenvalue weighted by Gasteiger charge is -2.39. The van der Waals surface area contributed by atoms with Gasteiger partial charge < -0.3 is 4.57 Å². The van der Waals surface area contributed by atoms with Crippen molar-refractivity contribution in [3.63, 3.8) is 0 Å². The minimum absolute atomic E-state index is 0.418. The molecule has 1 unspecified atom stereocenters. The third-order valence-electron chi connectivity index (χ3n) is 5.15. The Morgan fingerprint density at radius 2 is 1.91 bits per heavy atom. The average Bonchev–Trinajstić information content (AvgIpc) is 3.05. The third-order valence-corrected chi connectivity index (χ3v) is 5.15. The lowest BCUT2D eigenvalue weighted by molar-refractivity contribution is 0.111. The Kier molecular flexibility index (Phi) is 4.37. The Bertz CT molecular complexity index is 678. The molecule has 2 aromatic rings. The van der Waals surface area contributed by atoms with Crippen LogP contribution in [0, 0.1) is 19.8 Å². The standard InChI is InChI=1S/C19H30N4/c1-13(2)19-18-8-7-9-21(18)10-11-22(19)12-17-15(5)20-23(14(3)4)16(17)6/h7-9,13-14,19H,10-12H2,1-6H3. The van der Waals surface area contributed by atoms with Crippen LogP contribution in [0.1, 0.15) is 62.4 Å². The first kappa shape index (κ1) is 16.3. The van der Waals surface area contributed by atoms with E-state index < -0.39 is 0 Å². The van der Waals surface area contributed by atoms with E-state index in [0.29, 0.717) is 18.0 Å². The fourth-order valence-electron chi connectivity index (χ4n) is 4.03. The minimum Gasteiger partial charge on any atom is -0.349 e. The number of aromatic nitrogens is 3. The molecule has 0 spiro atoms. The Morgan fingerprint density at radius 3 is 2.52 bits per heavy atom. The van der Waals surface area contributed by atoms with Gasteiger partial charge >= 0.3 is 0 Å². The molecule has 0 N–H and O–H groups in total. The number of hydrogen-bond acceptors (Lipinski definition) is 2. The summed E-state index contributed by atoms with van der Waals surface area (Å²) in [6.45, 7) is 16.6. The van der Waals surface area contributed by atoms with Gasteiger partial charge in [0.25, 0.3) is 0 Å². The SMILES string of the molecule is Cc1nn(C(C)C)c(C)c1CN1CCn2cccc2C1C(C)C. The van der Waals surface area contributed by atoms with Crippen molar-refractivity contribution in [2.24, 2.45) is 5.92 Å². The lowest BCUT2D eigenvalue weighted by atomic mass is 9.96. The second-order valence-electron chi connectivity index (χ2n) is 7.47. The van der Waals surface area contributed by atoms with E-state index in [9.17, 15) is 0 Å². The van der Waals surface area contributed by atoms with Crippen molar-refractivity contribution in [3.8, 4) is 0 Å². The van der Waals surface area contributed by atoms with Crippen LogP contribution in [0.5, 0.6) is 0 Å². The van der Waals surface area contributed by atoms with E-state index in [1.807, 2.05) is 0 Å². The topological polar surface area (TPSA) is 26.0 Å². The zero-order valence-electron chi connectivity index (χ0n) is 15.4. The summed E-state index contributed by atoms with van der Waals surface area (Å²) in [5.41, 5.74) is 5.36. The molecule has 0 radical (unpaired) electrons. The van der Waals surface area contributed by atoms with Gasteiger partial charge in [-0.2, -0.15) is 5.10 Å². The second kappa shape index (κ2) is 6.16. The highest BCUT2D eigenvalue weighted by Crippen LogP contribution is 2.34. The van der Waals surface area contributed by atoms with Crippen LogP contribution < -0.4 is 0 Å². The Labute approximate surface area is 140 Å². The first-order valence-electron chi connectivity index (χ1n) is 8.83. The summed E-state index contributed by atoms with van der Waals surface area (Å²) in [6, 6.07) is 5.37. The van der Waals surface area contributed by atoms with Gasteiger partial charge in [-0.25, -0.2) is 0 Å². The molecule has 126 valence electrons. The zero-order chi connectivity index (χ0) is 16.7. The molecule has 0 bridgehead atoms. The van der Waals surface area contributed by atoms with E-state index in [2.05, 4.69) is 74.0 Å². The van der Waals surface area contributed by atoms with E-state index in [0.717, 1.165) is 19.6 Å². The van der Waals surface area contributed by atoms with Crippen LogP contribution in [0.4, 0.5) is 0 Å². The van der Waals surface area contributed by atoms with Gasteiger partial charge in [-0.15, -0.1) is 0 Å². The Balaban J connectivity index is 1.91. The molecule has 3 heterocycles. The number of nitrogens with zero attached hydrogens (tertiary/aromatic N) is 4. The van der Waals surface area contributed by atoms with Crippen LogP contribution >= 0.6 is 0 Å². The number of aryl methyl sites for hydroxylation is 1. The predicted octanol–water partition coefficient (Wildman–Crippen LogP) is 4.10. The summed E-state index contributed by atoms with van der Waals surface area (Å²) >= 11 is 0. The summed E-state index contributed by atoms with van der Waals surface area (Å²) in [7, 11) is 0. The molecule has 0 saturated carbocycles. The summed E-state index contributed by atoms with van der Waals surface area (Å²) in [5.74, 6) is 0.602. The fourth-order valence-corrected chi connectivity index (χ4v) is 4.03. The molecule has 0 aliphatic carbocycles. The van der Waals surface area contributed by atoms with Crippen LogP contribution in [0.25, 0.3) is 0 Å². The molecule has 4 nitrogen and oxygen atoms in total. The highest BCUT2D eigenvalue weighted by molar-refractivity contribution is 5.26. The van der Waals surface area contributed by atoms with Gasteiger partial charge in [0, 0.05) is 48.8 Å². The third kappa shape index (κ3) is 2.85. The van der Waals surface area contributed by atoms with Crippen LogP contribution in [0.15, 0.2) is 18.3 Å². The van der Waals surface area contributed by atoms with Crippen molar-refractivity contribution in [1.29, 1.82) is 0 Å². The number of rotatable bonds is 4. The summed E-state index contributed by atoms with van der Waals surface area (Å²) in [4.78, 5) is 2.64. The predicted molar refractivity (Wildman–Crippen MR) is 94.5 cm³/mol. The highest BCUT2D eigenvalue weighted by atomic mass is 15.3. The maximum Gasteiger partial charge on any atom is 0.0641 e. The summed E-state index contributed by atoms with van der Waals surface area (Å²) < 4.78 is 4.58.